The number of hydrogen-bond acceptors (Lipinski definition) is 2. The molecule has 2 aliphatic heterocycles. The van der Waals surface area contributed by atoms with Crippen LogP contribution < -0.4 is 4.74 Å². The second-order valence-corrected chi connectivity index (χ2v) is 5.09. The van der Waals surface area contributed by atoms with Crippen molar-refractivity contribution in [3.05, 3.63) is 35.9 Å². The van der Waals surface area contributed by atoms with Gasteiger partial charge in [0.2, 0.25) is 0 Å². The van der Waals surface area contributed by atoms with Gasteiger partial charge in [-0.3, -0.25) is 4.90 Å². The van der Waals surface area contributed by atoms with E-state index in [1.807, 2.05) is 0 Å². The minimum absolute atomic E-state index is 0.658. The molecule has 17 heavy (non-hydrogen) atoms. The molecule has 2 bridgehead atoms. The highest BCUT2D eigenvalue weighted by molar-refractivity contribution is 5.68. The lowest BCUT2D eigenvalue weighted by molar-refractivity contribution is 0.264. The highest BCUT2D eigenvalue weighted by atomic mass is 16.5. The van der Waals surface area contributed by atoms with Crippen molar-refractivity contribution in [1.29, 1.82) is 0 Å². The van der Waals surface area contributed by atoms with Crippen LogP contribution in [0.5, 0.6) is 5.75 Å². The van der Waals surface area contributed by atoms with E-state index in [-0.39, 0.29) is 0 Å². The van der Waals surface area contributed by atoms with Crippen LogP contribution in [0, 0.1) is 0 Å². The zero-order valence-corrected chi connectivity index (χ0v) is 10.5. The number of methoxy groups -OCH3 is 1. The van der Waals surface area contributed by atoms with Crippen LogP contribution in [0.1, 0.15) is 24.8 Å². The smallest absolute Gasteiger partial charge is 0.118 e. The summed E-state index contributed by atoms with van der Waals surface area (Å²) in [6.45, 7) is 0. The average Bonchev–Trinajstić information content (AvgIpc) is 2.61. The Kier molecular flexibility index (Phi) is 2.67. The van der Waals surface area contributed by atoms with Crippen LogP contribution in [0.2, 0.25) is 0 Å². The van der Waals surface area contributed by atoms with Crippen molar-refractivity contribution in [1.82, 2.24) is 4.90 Å². The molecule has 2 unspecified atom stereocenters. The Balaban J connectivity index is 1.87. The Morgan fingerprint density at radius 1 is 1.18 bits per heavy atom. The van der Waals surface area contributed by atoms with Gasteiger partial charge in [-0.1, -0.05) is 18.2 Å². The fourth-order valence-corrected chi connectivity index (χ4v) is 3.06. The first-order chi connectivity index (χ1) is 8.28. The van der Waals surface area contributed by atoms with E-state index in [1.54, 1.807) is 7.11 Å². The van der Waals surface area contributed by atoms with Crippen LogP contribution in [0.4, 0.5) is 0 Å². The maximum atomic E-state index is 5.20. The van der Waals surface area contributed by atoms with Crippen LogP contribution in [-0.4, -0.2) is 31.1 Å². The lowest BCUT2D eigenvalue weighted by atomic mass is 9.95. The maximum absolute atomic E-state index is 5.20. The fraction of sp³-hybridized carbons (Fsp3) is 0.467. The van der Waals surface area contributed by atoms with Gasteiger partial charge in [0.25, 0.3) is 0 Å². The first-order valence-corrected chi connectivity index (χ1v) is 6.35. The molecule has 2 heterocycles. The summed E-state index contributed by atoms with van der Waals surface area (Å²) in [5.41, 5.74) is 2.87. The first-order valence-electron chi connectivity index (χ1n) is 6.35. The molecule has 0 aromatic heterocycles. The number of hydrogen-bond donors (Lipinski definition) is 0. The summed E-state index contributed by atoms with van der Waals surface area (Å²) in [5, 5.41) is 0. The maximum Gasteiger partial charge on any atom is 0.118 e. The summed E-state index contributed by atoms with van der Waals surface area (Å²) >= 11 is 0. The molecule has 1 aromatic carbocycles. The minimum atomic E-state index is 0.658. The number of benzene rings is 1. The number of likely N-dealkylation sites (N-methyl/N-ethyl adjacent to an activating group) is 1. The molecule has 2 nitrogen and oxygen atoms in total. The van der Waals surface area contributed by atoms with E-state index in [2.05, 4.69) is 42.3 Å². The van der Waals surface area contributed by atoms with Gasteiger partial charge in [0, 0.05) is 12.1 Å². The molecule has 0 amide bonds. The molecule has 2 heteroatoms. The SMILES string of the molecule is COc1ccc(C2=CC3CCC(C2)N3C)cc1. The van der Waals surface area contributed by atoms with E-state index < -0.39 is 0 Å². The van der Waals surface area contributed by atoms with Gasteiger partial charge in [0.15, 0.2) is 0 Å². The molecule has 0 radical (unpaired) electrons. The summed E-state index contributed by atoms with van der Waals surface area (Å²) in [7, 11) is 3.97. The Bertz CT molecular complexity index is 435. The van der Waals surface area contributed by atoms with Gasteiger partial charge >= 0.3 is 0 Å². The third kappa shape index (κ3) is 1.87. The number of rotatable bonds is 2. The Morgan fingerprint density at radius 2 is 1.94 bits per heavy atom. The quantitative estimate of drug-likeness (QED) is 0.773. The van der Waals surface area contributed by atoms with Crippen LogP contribution in [0.25, 0.3) is 5.57 Å². The summed E-state index contributed by atoms with van der Waals surface area (Å²) in [5.74, 6) is 0.935. The van der Waals surface area contributed by atoms with Crippen molar-refractivity contribution in [2.24, 2.45) is 0 Å². The standard InChI is InChI=1S/C15H19NO/c1-16-13-5-6-14(16)10-12(9-13)11-3-7-15(17-2)8-4-11/h3-4,7-9,13-14H,5-6,10H2,1-2H3. The molecule has 1 aromatic rings. The topological polar surface area (TPSA) is 12.5 Å². The molecular formula is C15H19NO. The average molecular weight is 229 g/mol. The lowest BCUT2D eigenvalue weighted by Gasteiger charge is -2.30. The van der Waals surface area contributed by atoms with E-state index in [0.717, 1.165) is 11.8 Å². The Hall–Kier alpha value is -1.28. The molecule has 1 fully saturated rings. The molecular weight excluding hydrogens is 210 g/mol. The number of fused-ring (bicyclic) bond motifs is 2. The van der Waals surface area contributed by atoms with E-state index in [9.17, 15) is 0 Å². The third-order valence-corrected chi connectivity index (χ3v) is 4.20. The Labute approximate surface area is 103 Å². The molecule has 0 saturated carbocycles. The van der Waals surface area contributed by atoms with Gasteiger partial charge in [0.1, 0.15) is 5.75 Å². The normalized spacial score (nSPS) is 28.0. The van der Waals surface area contributed by atoms with Gasteiger partial charge in [0.05, 0.1) is 7.11 Å². The molecule has 3 rings (SSSR count). The van der Waals surface area contributed by atoms with Gasteiger partial charge in [-0.15, -0.1) is 0 Å². The van der Waals surface area contributed by atoms with E-state index in [4.69, 9.17) is 4.74 Å². The van der Waals surface area contributed by atoms with Crippen molar-refractivity contribution in [3.8, 4) is 5.75 Å². The van der Waals surface area contributed by atoms with Crippen LogP contribution in [0.15, 0.2) is 30.3 Å². The zero-order chi connectivity index (χ0) is 11.8. The molecule has 2 atom stereocenters. The van der Waals surface area contributed by atoms with Crippen molar-refractivity contribution in [2.45, 2.75) is 31.3 Å². The van der Waals surface area contributed by atoms with Gasteiger partial charge in [-0.05, 0) is 49.6 Å². The predicted molar refractivity (Wildman–Crippen MR) is 70.2 cm³/mol. The van der Waals surface area contributed by atoms with Crippen LogP contribution in [0.3, 0.4) is 0 Å². The van der Waals surface area contributed by atoms with Crippen LogP contribution in [-0.2, 0) is 0 Å². The summed E-state index contributed by atoms with van der Waals surface area (Å²) in [6, 6.07) is 9.87. The first kappa shape index (κ1) is 10.8. The van der Waals surface area contributed by atoms with Gasteiger partial charge in [-0.25, -0.2) is 0 Å². The van der Waals surface area contributed by atoms with Crippen molar-refractivity contribution >= 4 is 5.57 Å². The highest BCUT2D eigenvalue weighted by Gasteiger charge is 2.33. The fourth-order valence-electron chi connectivity index (χ4n) is 3.06. The lowest BCUT2D eigenvalue weighted by Crippen LogP contribution is -2.34. The Morgan fingerprint density at radius 3 is 2.59 bits per heavy atom. The van der Waals surface area contributed by atoms with E-state index in [1.165, 1.54) is 30.4 Å². The number of ether oxygens (including phenoxy) is 1. The van der Waals surface area contributed by atoms with Gasteiger partial charge < -0.3 is 4.74 Å². The van der Waals surface area contributed by atoms with Crippen molar-refractivity contribution in [2.75, 3.05) is 14.2 Å². The molecule has 0 aliphatic carbocycles. The molecule has 0 N–H and O–H groups in total. The predicted octanol–water partition coefficient (Wildman–Crippen LogP) is 2.95. The minimum Gasteiger partial charge on any atom is -0.497 e. The monoisotopic (exact) mass is 229 g/mol. The molecule has 90 valence electrons. The van der Waals surface area contributed by atoms with Crippen LogP contribution >= 0.6 is 0 Å². The zero-order valence-electron chi connectivity index (χ0n) is 10.5. The summed E-state index contributed by atoms with van der Waals surface area (Å²) < 4.78 is 5.20. The summed E-state index contributed by atoms with van der Waals surface area (Å²) in [6.07, 6.45) is 6.31. The largest absolute Gasteiger partial charge is 0.497 e. The molecule has 0 spiro atoms. The van der Waals surface area contributed by atoms with Crippen molar-refractivity contribution in [3.63, 3.8) is 0 Å². The summed E-state index contributed by atoms with van der Waals surface area (Å²) in [4.78, 5) is 2.52. The second-order valence-electron chi connectivity index (χ2n) is 5.09. The molecule has 1 saturated heterocycles. The van der Waals surface area contributed by atoms with E-state index in [0.29, 0.717) is 6.04 Å². The van der Waals surface area contributed by atoms with Gasteiger partial charge in [-0.2, -0.15) is 0 Å². The van der Waals surface area contributed by atoms with Crippen molar-refractivity contribution < 1.29 is 4.74 Å². The van der Waals surface area contributed by atoms with E-state index >= 15 is 0 Å². The third-order valence-electron chi connectivity index (χ3n) is 4.20. The molecule has 2 aliphatic rings. The second kappa shape index (κ2) is 4.19. The number of nitrogens with zero attached hydrogens (tertiary/aromatic N) is 1. The highest BCUT2D eigenvalue weighted by Crippen LogP contribution is 2.37.